The highest BCUT2D eigenvalue weighted by Gasteiger charge is 2.34. The molecule has 0 fully saturated rings. The molecule has 7 nitrogen and oxygen atoms in total. The van der Waals surface area contributed by atoms with Gasteiger partial charge in [0.15, 0.2) is 6.61 Å². The normalized spacial score (nSPS) is 16.1. The first-order valence-electron chi connectivity index (χ1n) is 10.9. The largest absolute Gasteiger partial charge is 0.482 e. The molecule has 3 rings (SSSR count). The number of ether oxygens (including phenoxy) is 1. The van der Waals surface area contributed by atoms with Crippen molar-refractivity contribution in [2.24, 2.45) is 0 Å². The van der Waals surface area contributed by atoms with Gasteiger partial charge in [-0.3, -0.25) is 0 Å². The minimum atomic E-state index is -4.71. The Kier molecular flexibility index (Phi) is 7.77. The topological polar surface area (TPSA) is 95.9 Å². The van der Waals surface area contributed by atoms with Crippen LogP contribution in [-0.4, -0.2) is 39.2 Å². The zero-order chi connectivity index (χ0) is 25.1. The number of aliphatic carboxylic acids is 1. The van der Waals surface area contributed by atoms with Gasteiger partial charge in [0, 0.05) is 24.8 Å². The molecule has 0 spiro atoms. The van der Waals surface area contributed by atoms with Crippen molar-refractivity contribution in [1.29, 1.82) is 0 Å². The van der Waals surface area contributed by atoms with Gasteiger partial charge < -0.3 is 14.7 Å². The van der Waals surface area contributed by atoms with Gasteiger partial charge in [0.25, 0.3) is 0 Å². The van der Waals surface area contributed by atoms with Crippen LogP contribution >= 0.6 is 0 Å². The van der Waals surface area contributed by atoms with Crippen molar-refractivity contribution in [2.75, 3.05) is 24.6 Å². The van der Waals surface area contributed by atoms with E-state index in [1.807, 2.05) is 0 Å². The van der Waals surface area contributed by atoms with Gasteiger partial charge in [-0.1, -0.05) is 12.1 Å². The molecule has 2 aromatic carbocycles. The first-order chi connectivity index (χ1) is 16.0. The van der Waals surface area contributed by atoms with E-state index in [1.165, 1.54) is 6.07 Å². The number of carboxylic acid groups (broad SMARTS) is 1. The molecule has 1 unspecified atom stereocenters. The Hall–Kier alpha value is -2.79. The number of carbonyl (C=O) groups is 1. The predicted octanol–water partition coefficient (Wildman–Crippen LogP) is 4.37. The maximum absolute atomic E-state index is 13.5. The number of anilines is 1. The summed E-state index contributed by atoms with van der Waals surface area (Å²) < 4.78 is 75.0. The summed E-state index contributed by atoms with van der Waals surface area (Å²) in [6.07, 6.45) is -3.10. The Morgan fingerprint density at radius 1 is 1.21 bits per heavy atom. The van der Waals surface area contributed by atoms with Gasteiger partial charge in [0.05, 0.1) is 10.5 Å². The van der Waals surface area contributed by atoms with Crippen LogP contribution in [0.3, 0.4) is 0 Å². The van der Waals surface area contributed by atoms with Crippen molar-refractivity contribution >= 4 is 21.7 Å². The smallest absolute Gasteiger partial charge is 0.416 e. The van der Waals surface area contributed by atoms with Gasteiger partial charge in [-0.05, 0) is 68.5 Å². The van der Waals surface area contributed by atoms with Crippen molar-refractivity contribution < 1.29 is 36.2 Å². The average molecular weight is 501 g/mol. The molecule has 2 aromatic rings. The molecule has 2 N–H and O–H groups in total. The SMILES string of the molecule is CCN(CC)c1cc(C(F)(F)F)cc(S(=O)(=O)NC2CCCc3c(OCC(=O)O)cccc32)c1. The molecule has 186 valence electrons. The molecule has 0 aromatic heterocycles. The molecule has 1 atom stereocenters. The van der Waals surface area contributed by atoms with Gasteiger partial charge in [0.2, 0.25) is 10.0 Å². The lowest BCUT2D eigenvalue weighted by Crippen LogP contribution is -2.32. The van der Waals surface area contributed by atoms with E-state index < -0.39 is 45.3 Å². The summed E-state index contributed by atoms with van der Waals surface area (Å²) in [7, 11) is -4.31. The second-order valence-corrected chi connectivity index (χ2v) is 9.67. The lowest BCUT2D eigenvalue weighted by molar-refractivity contribution is -0.139. The second-order valence-electron chi connectivity index (χ2n) is 7.96. The number of sulfonamides is 1. The zero-order valence-electron chi connectivity index (χ0n) is 18.9. The van der Waals surface area contributed by atoms with Gasteiger partial charge in [-0.2, -0.15) is 13.2 Å². The molecular weight excluding hydrogens is 473 g/mol. The number of hydrogen-bond donors (Lipinski definition) is 2. The van der Waals surface area contributed by atoms with E-state index >= 15 is 0 Å². The summed E-state index contributed by atoms with van der Waals surface area (Å²) in [4.78, 5) is 12.1. The fourth-order valence-corrected chi connectivity index (χ4v) is 5.45. The summed E-state index contributed by atoms with van der Waals surface area (Å²) >= 11 is 0. The molecule has 0 aliphatic heterocycles. The highest BCUT2D eigenvalue weighted by molar-refractivity contribution is 7.89. The predicted molar refractivity (Wildman–Crippen MR) is 121 cm³/mol. The maximum atomic E-state index is 13.5. The van der Waals surface area contributed by atoms with Gasteiger partial charge >= 0.3 is 12.1 Å². The van der Waals surface area contributed by atoms with Crippen LogP contribution < -0.4 is 14.4 Å². The number of rotatable bonds is 9. The third-order valence-electron chi connectivity index (χ3n) is 5.77. The Morgan fingerprint density at radius 2 is 1.91 bits per heavy atom. The molecule has 0 heterocycles. The Bertz CT molecular complexity index is 1150. The molecule has 1 aliphatic carbocycles. The van der Waals surface area contributed by atoms with Gasteiger partial charge in [-0.15, -0.1) is 0 Å². The van der Waals surface area contributed by atoms with Crippen LogP contribution in [0.5, 0.6) is 5.75 Å². The van der Waals surface area contributed by atoms with Crippen molar-refractivity contribution in [3.05, 3.63) is 53.1 Å². The van der Waals surface area contributed by atoms with E-state index in [0.29, 0.717) is 55.3 Å². The molecule has 0 saturated carbocycles. The van der Waals surface area contributed by atoms with Crippen LogP contribution in [0.25, 0.3) is 0 Å². The number of halogens is 3. The lowest BCUT2D eigenvalue weighted by Gasteiger charge is -2.28. The van der Waals surface area contributed by atoms with E-state index in [-0.39, 0.29) is 5.69 Å². The Morgan fingerprint density at radius 3 is 2.53 bits per heavy atom. The quantitative estimate of drug-likeness (QED) is 0.531. The fourth-order valence-electron chi connectivity index (χ4n) is 4.14. The lowest BCUT2D eigenvalue weighted by atomic mass is 9.87. The van der Waals surface area contributed by atoms with Crippen molar-refractivity contribution in [1.82, 2.24) is 4.72 Å². The van der Waals surface area contributed by atoms with Crippen LogP contribution in [0.4, 0.5) is 18.9 Å². The third kappa shape index (κ3) is 5.82. The van der Waals surface area contributed by atoms with Crippen LogP contribution in [0.1, 0.15) is 49.4 Å². The monoisotopic (exact) mass is 500 g/mol. The molecule has 0 saturated heterocycles. The van der Waals surface area contributed by atoms with Crippen LogP contribution in [0.2, 0.25) is 0 Å². The fraction of sp³-hybridized carbons (Fsp3) is 0.435. The second kappa shape index (κ2) is 10.2. The minimum Gasteiger partial charge on any atom is -0.482 e. The average Bonchev–Trinajstić information content (AvgIpc) is 2.78. The summed E-state index contributed by atoms with van der Waals surface area (Å²) in [6, 6.07) is 7.12. The minimum absolute atomic E-state index is 0.175. The van der Waals surface area contributed by atoms with E-state index in [1.54, 1.807) is 36.9 Å². The molecule has 0 bridgehead atoms. The van der Waals surface area contributed by atoms with Crippen LogP contribution in [-0.2, 0) is 27.4 Å². The van der Waals surface area contributed by atoms with Crippen LogP contribution in [0.15, 0.2) is 41.3 Å². The molecule has 0 amide bonds. The first-order valence-corrected chi connectivity index (χ1v) is 12.4. The number of nitrogens with one attached hydrogen (secondary N) is 1. The summed E-state index contributed by atoms with van der Waals surface area (Å²) in [5.74, 6) is -0.786. The molecule has 1 aliphatic rings. The number of nitrogens with zero attached hydrogens (tertiary/aromatic N) is 1. The van der Waals surface area contributed by atoms with Crippen molar-refractivity contribution in [3.63, 3.8) is 0 Å². The van der Waals surface area contributed by atoms with E-state index in [9.17, 15) is 26.4 Å². The Balaban J connectivity index is 1.98. The first kappa shape index (κ1) is 25.8. The Labute approximate surface area is 196 Å². The summed E-state index contributed by atoms with van der Waals surface area (Å²) in [5, 5.41) is 8.89. The summed E-state index contributed by atoms with van der Waals surface area (Å²) in [6.45, 7) is 3.85. The number of benzene rings is 2. The number of carboxylic acids is 1. The van der Waals surface area contributed by atoms with Gasteiger partial charge in [-0.25, -0.2) is 17.9 Å². The molecular formula is C23H27F3N2O5S. The zero-order valence-corrected chi connectivity index (χ0v) is 19.7. The number of alkyl halides is 3. The highest BCUT2D eigenvalue weighted by Crippen LogP contribution is 2.38. The summed E-state index contributed by atoms with van der Waals surface area (Å²) in [5.41, 5.74) is 0.448. The van der Waals surface area contributed by atoms with E-state index in [4.69, 9.17) is 9.84 Å². The van der Waals surface area contributed by atoms with Crippen LogP contribution in [0, 0.1) is 0 Å². The van der Waals surface area contributed by atoms with Crippen molar-refractivity contribution in [2.45, 2.75) is 50.2 Å². The van der Waals surface area contributed by atoms with Crippen molar-refractivity contribution in [3.8, 4) is 5.75 Å². The number of hydrogen-bond acceptors (Lipinski definition) is 5. The standard InChI is InChI=1S/C23H27F3N2O5S/c1-3-28(4-2)16-11-15(23(24,25)26)12-17(13-16)34(31,32)27-20-9-5-8-19-18(20)7-6-10-21(19)33-14-22(29)30/h6-7,10-13,20,27H,3-5,8-9,14H2,1-2H3,(H,29,30). The highest BCUT2D eigenvalue weighted by atomic mass is 32.2. The molecule has 0 radical (unpaired) electrons. The maximum Gasteiger partial charge on any atom is 0.416 e. The van der Waals surface area contributed by atoms with Gasteiger partial charge in [0.1, 0.15) is 5.75 Å². The van der Waals surface area contributed by atoms with E-state index in [2.05, 4.69) is 4.72 Å². The molecule has 34 heavy (non-hydrogen) atoms. The van der Waals surface area contributed by atoms with E-state index in [0.717, 1.165) is 6.07 Å². The third-order valence-corrected chi connectivity index (χ3v) is 7.22. The molecule has 11 heteroatoms. The number of fused-ring (bicyclic) bond motifs is 1.